The van der Waals surface area contributed by atoms with Crippen LogP contribution in [0.4, 0.5) is 0 Å². The number of esters is 1. The minimum Gasteiger partial charge on any atom is -0.440 e. The van der Waals surface area contributed by atoms with Gasteiger partial charge in [-0.3, -0.25) is 4.79 Å². The first-order valence-electron chi connectivity index (χ1n) is 7.45. The van der Waals surface area contributed by atoms with E-state index in [1.54, 1.807) is 11.3 Å². The molecule has 3 aromatic rings. The molecule has 0 amide bonds. The third-order valence-electron chi connectivity index (χ3n) is 3.50. The van der Waals surface area contributed by atoms with Gasteiger partial charge in [-0.25, -0.2) is 4.98 Å². The number of aryl methyl sites for hydroxylation is 2. The number of oxazole rings is 1. The van der Waals surface area contributed by atoms with Crippen molar-refractivity contribution in [3.63, 3.8) is 0 Å². The first kappa shape index (κ1) is 15.5. The Balaban J connectivity index is 1.67. The molecule has 2 aromatic heterocycles. The second kappa shape index (κ2) is 6.79. The molecule has 0 saturated carbocycles. The summed E-state index contributed by atoms with van der Waals surface area (Å²) < 4.78 is 11.0. The van der Waals surface area contributed by atoms with E-state index in [1.807, 2.05) is 48.7 Å². The van der Waals surface area contributed by atoms with Gasteiger partial charge in [0.2, 0.25) is 5.89 Å². The number of hydrogen-bond donors (Lipinski definition) is 0. The van der Waals surface area contributed by atoms with Crippen molar-refractivity contribution in [3.8, 4) is 16.5 Å². The minimum atomic E-state index is -0.344. The lowest BCUT2D eigenvalue weighted by Gasteiger charge is -2.04. The molecule has 0 unspecified atom stereocenters. The summed E-state index contributed by atoms with van der Waals surface area (Å²) in [5, 5.41) is 1.96. The zero-order valence-corrected chi connectivity index (χ0v) is 13.9. The average Bonchev–Trinajstić information content (AvgIpc) is 3.18. The van der Waals surface area contributed by atoms with Gasteiger partial charge in [0.15, 0.2) is 0 Å². The fraction of sp³-hybridized carbons (Fsp3) is 0.222. The lowest BCUT2D eigenvalue weighted by Crippen LogP contribution is -2.12. The van der Waals surface area contributed by atoms with Gasteiger partial charge in [0, 0.05) is 0 Å². The van der Waals surface area contributed by atoms with Crippen LogP contribution in [0.3, 0.4) is 0 Å². The third-order valence-corrected chi connectivity index (χ3v) is 4.36. The monoisotopic (exact) mass is 327 g/mol. The second-order valence-corrected chi connectivity index (χ2v) is 6.10. The highest BCUT2D eigenvalue weighted by Gasteiger charge is 2.16. The topological polar surface area (TPSA) is 52.3 Å². The number of nitrogens with zero attached hydrogens (tertiary/aromatic N) is 1. The summed E-state index contributed by atoms with van der Waals surface area (Å²) in [4.78, 5) is 17.4. The van der Waals surface area contributed by atoms with Crippen LogP contribution in [0.2, 0.25) is 0 Å². The Bertz CT molecular complexity index is 788. The van der Waals surface area contributed by atoms with E-state index in [1.165, 1.54) is 5.56 Å². The number of aromatic nitrogens is 1. The van der Waals surface area contributed by atoms with Crippen LogP contribution in [0, 0.1) is 6.92 Å². The van der Waals surface area contributed by atoms with Crippen LogP contribution in [0.25, 0.3) is 10.8 Å². The van der Waals surface area contributed by atoms with Gasteiger partial charge < -0.3 is 9.15 Å². The molecule has 0 saturated heterocycles. The lowest BCUT2D eigenvalue weighted by molar-refractivity contribution is -0.133. The Labute approximate surface area is 138 Å². The average molecular weight is 327 g/mol. The molecular weight excluding hydrogens is 310 g/mol. The number of carbonyl (C=O) groups excluding carboxylic acids is 1. The van der Waals surface area contributed by atoms with Gasteiger partial charge in [0.25, 0.3) is 0 Å². The summed E-state index contributed by atoms with van der Waals surface area (Å²) in [6.45, 7) is 3.89. The Morgan fingerprint density at radius 2 is 2.04 bits per heavy atom. The molecule has 2 heterocycles. The molecule has 0 aliphatic rings. The largest absolute Gasteiger partial charge is 0.440 e. The maximum Gasteiger partial charge on any atom is 0.317 e. The molecular formula is C18H17NO3S. The van der Waals surface area contributed by atoms with Crippen LogP contribution >= 0.6 is 11.3 Å². The smallest absolute Gasteiger partial charge is 0.317 e. The third kappa shape index (κ3) is 3.68. The molecule has 0 bridgehead atoms. The molecule has 0 spiro atoms. The van der Waals surface area contributed by atoms with Gasteiger partial charge in [0.1, 0.15) is 11.5 Å². The highest BCUT2D eigenvalue weighted by atomic mass is 32.1. The van der Waals surface area contributed by atoms with E-state index in [0.29, 0.717) is 23.1 Å². The summed E-state index contributed by atoms with van der Waals surface area (Å²) in [5.74, 6) is 1.40. The van der Waals surface area contributed by atoms with Crippen LogP contribution in [-0.2, 0) is 17.6 Å². The molecule has 4 nitrogen and oxygen atoms in total. The molecule has 0 aliphatic carbocycles. The molecule has 0 radical (unpaired) electrons. The maximum atomic E-state index is 12.1. The molecule has 5 heteroatoms. The van der Waals surface area contributed by atoms with Crippen LogP contribution in [-0.4, -0.2) is 11.0 Å². The Hall–Kier alpha value is -2.40. The van der Waals surface area contributed by atoms with E-state index in [-0.39, 0.29) is 12.4 Å². The standard InChI is InChI=1S/C18H17NO3S/c1-3-13-6-8-14(9-7-13)22-17(20)11-15-12(2)21-18(19-15)16-5-4-10-23-16/h4-10H,3,11H2,1-2H3. The van der Waals surface area contributed by atoms with Crippen LogP contribution in [0.1, 0.15) is 23.9 Å². The summed E-state index contributed by atoms with van der Waals surface area (Å²) >= 11 is 1.55. The van der Waals surface area contributed by atoms with Gasteiger partial charge in [-0.1, -0.05) is 25.1 Å². The Morgan fingerprint density at radius 3 is 2.70 bits per heavy atom. The summed E-state index contributed by atoms with van der Waals surface area (Å²) in [5.41, 5.74) is 1.82. The minimum absolute atomic E-state index is 0.0935. The van der Waals surface area contributed by atoms with Gasteiger partial charge in [-0.05, 0) is 42.5 Å². The molecule has 3 rings (SSSR count). The van der Waals surface area contributed by atoms with Gasteiger partial charge in [-0.15, -0.1) is 11.3 Å². The van der Waals surface area contributed by atoms with Crippen LogP contribution < -0.4 is 4.74 Å². The van der Waals surface area contributed by atoms with Gasteiger partial charge >= 0.3 is 5.97 Å². The quantitative estimate of drug-likeness (QED) is 0.514. The van der Waals surface area contributed by atoms with Crippen molar-refractivity contribution < 1.29 is 13.9 Å². The van der Waals surface area contributed by atoms with Crippen LogP contribution in [0.15, 0.2) is 46.2 Å². The zero-order valence-electron chi connectivity index (χ0n) is 13.0. The highest BCUT2D eigenvalue weighted by Crippen LogP contribution is 2.26. The van der Waals surface area contributed by atoms with E-state index in [4.69, 9.17) is 9.15 Å². The summed E-state index contributed by atoms with van der Waals surface area (Å²) in [6, 6.07) is 11.4. The van der Waals surface area contributed by atoms with Crippen molar-refractivity contribution >= 4 is 17.3 Å². The fourth-order valence-corrected chi connectivity index (χ4v) is 2.84. The summed E-state index contributed by atoms with van der Waals surface area (Å²) in [6.07, 6.45) is 1.05. The van der Waals surface area contributed by atoms with Crippen LogP contribution in [0.5, 0.6) is 5.75 Å². The van der Waals surface area contributed by atoms with Crippen molar-refractivity contribution in [2.45, 2.75) is 26.7 Å². The van der Waals surface area contributed by atoms with E-state index in [2.05, 4.69) is 11.9 Å². The maximum absolute atomic E-state index is 12.1. The molecule has 0 atom stereocenters. The van der Waals surface area contributed by atoms with E-state index in [0.717, 1.165) is 11.3 Å². The first-order valence-corrected chi connectivity index (χ1v) is 8.33. The van der Waals surface area contributed by atoms with Crippen molar-refractivity contribution in [1.29, 1.82) is 0 Å². The van der Waals surface area contributed by atoms with E-state index in [9.17, 15) is 4.79 Å². The molecule has 118 valence electrons. The molecule has 0 fully saturated rings. The number of carbonyl (C=O) groups is 1. The number of ether oxygens (including phenoxy) is 1. The molecule has 23 heavy (non-hydrogen) atoms. The normalized spacial score (nSPS) is 10.7. The second-order valence-electron chi connectivity index (χ2n) is 5.15. The van der Waals surface area contributed by atoms with E-state index < -0.39 is 0 Å². The number of rotatable bonds is 5. The van der Waals surface area contributed by atoms with E-state index >= 15 is 0 Å². The molecule has 0 N–H and O–H groups in total. The zero-order chi connectivity index (χ0) is 16.2. The van der Waals surface area contributed by atoms with Crippen molar-refractivity contribution in [3.05, 3.63) is 58.8 Å². The lowest BCUT2D eigenvalue weighted by atomic mass is 10.2. The van der Waals surface area contributed by atoms with Gasteiger partial charge in [-0.2, -0.15) is 0 Å². The molecule has 0 aliphatic heterocycles. The van der Waals surface area contributed by atoms with Crippen molar-refractivity contribution in [2.24, 2.45) is 0 Å². The number of hydrogen-bond acceptors (Lipinski definition) is 5. The predicted octanol–water partition coefficient (Wildman–Crippen LogP) is 4.42. The fourth-order valence-electron chi connectivity index (χ4n) is 2.20. The highest BCUT2D eigenvalue weighted by molar-refractivity contribution is 7.13. The van der Waals surface area contributed by atoms with Crippen molar-refractivity contribution in [2.75, 3.05) is 0 Å². The number of benzene rings is 1. The number of thiophene rings is 1. The predicted molar refractivity (Wildman–Crippen MR) is 89.7 cm³/mol. The van der Waals surface area contributed by atoms with Crippen molar-refractivity contribution in [1.82, 2.24) is 4.98 Å². The molecule has 1 aromatic carbocycles. The Kier molecular flexibility index (Phi) is 4.57. The first-order chi connectivity index (χ1) is 11.2. The Morgan fingerprint density at radius 1 is 1.26 bits per heavy atom. The van der Waals surface area contributed by atoms with Gasteiger partial charge in [0.05, 0.1) is 17.0 Å². The summed E-state index contributed by atoms with van der Waals surface area (Å²) in [7, 11) is 0. The SMILES string of the molecule is CCc1ccc(OC(=O)Cc2nc(-c3cccs3)oc2C)cc1.